The molecule has 3 aromatic rings. The Morgan fingerprint density at radius 3 is 2.74 bits per heavy atom. The minimum atomic E-state index is -0.138. The Morgan fingerprint density at radius 1 is 1.26 bits per heavy atom. The number of hydrogen-bond donors (Lipinski definition) is 1. The number of rotatable bonds is 8. The monoisotopic (exact) mass is 387 g/mol. The van der Waals surface area contributed by atoms with Gasteiger partial charge in [-0.05, 0) is 42.0 Å². The number of ether oxygens (including phenoxy) is 1. The van der Waals surface area contributed by atoms with Crippen molar-refractivity contribution in [2.45, 2.75) is 31.6 Å². The van der Waals surface area contributed by atoms with E-state index in [-0.39, 0.29) is 17.7 Å². The summed E-state index contributed by atoms with van der Waals surface area (Å²) in [5.41, 5.74) is 1.04. The molecule has 0 atom stereocenters. The zero-order valence-corrected chi connectivity index (χ0v) is 16.2. The van der Waals surface area contributed by atoms with Crippen LogP contribution in [-0.2, 0) is 11.3 Å². The van der Waals surface area contributed by atoms with Crippen LogP contribution in [0.1, 0.15) is 25.5 Å². The average molecular weight is 387 g/mol. The summed E-state index contributed by atoms with van der Waals surface area (Å²) in [6, 6.07) is 9.62. The van der Waals surface area contributed by atoms with Gasteiger partial charge in [0.25, 0.3) is 0 Å². The van der Waals surface area contributed by atoms with Gasteiger partial charge in [0, 0.05) is 12.1 Å². The molecule has 1 aromatic carbocycles. The number of aromatic nitrogens is 6. The van der Waals surface area contributed by atoms with E-state index in [1.807, 2.05) is 38.1 Å². The van der Waals surface area contributed by atoms with Gasteiger partial charge in [0.1, 0.15) is 11.6 Å². The number of tetrazole rings is 1. The van der Waals surface area contributed by atoms with E-state index < -0.39 is 0 Å². The highest BCUT2D eigenvalue weighted by atomic mass is 32.2. The van der Waals surface area contributed by atoms with Crippen molar-refractivity contribution in [1.29, 1.82) is 0 Å². The minimum absolute atomic E-state index is 0.138. The molecule has 0 unspecified atom stereocenters. The lowest BCUT2D eigenvalue weighted by Gasteiger charge is -2.11. The number of hydrogen-bond acceptors (Lipinski definition) is 7. The third kappa shape index (κ3) is 4.85. The van der Waals surface area contributed by atoms with Crippen LogP contribution in [0.2, 0.25) is 0 Å². The largest absolute Gasteiger partial charge is 0.497 e. The number of nitrogens with one attached hydrogen (secondary N) is 1. The SMILES string of the molecule is COc1ccc(Cn2nnnc2SCC(=O)Nc2ccnn2C(C)C)cc1. The number of methoxy groups -OCH3 is 1. The van der Waals surface area contributed by atoms with Crippen LogP contribution in [0.5, 0.6) is 5.75 Å². The molecule has 27 heavy (non-hydrogen) atoms. The van der Waals surface area contributed by atoms with Crippen LogP contribution in [0, 0.1) is 0 Å². The first kappa shape index (κ1) is 18.9. The van der Waals surface area contributed by atoms with Gasteiger partial charge >= 0.3 is 0 Å². The van der Waals surface area contributed by atoms with Crippen molar-refractivity contribution < 1.29 is 9.53 Å². The molecule has 0 saturated carbocycles. The molecule has 0 fully saturated rings. The highest BCUT2D eigenvalue weighted by Crippen LogP contribution is 2.18. The third-order valence-corrected chi connectivity index (χ3v) is 4.71. The van der Waals surface area contributed by atoms with Crippen molar-refractivity contribution in [3.63, 3.8) is 0 Å². The predicted molar refractivity (Wildman–Crippen MR) is 102 cm³/mol. The third-order valence-electron chi connectivity index (χ3n) is 3.75. The van der Waals surface area contributed by atoms with Gasteiger partial charge in [-0.25, -0.2) is 9.36 Å². The molecule has 1 N–H and O–H groups in total. The first-order chi connectivity index (χ1) is 13.1. The molecule has 2 aromatic heterocycles. The van der Waals surface area contributed by atoms with Gasteiger partial charge in [0.2, 0.25) is 11.1 Å². The molecule has 0 bridgehead atoms. The molecule has 1 amide bonds. The molecular formula is C17H21N7O2S. The van der Waals surface area contributed by atoms with E-state index in [0.717, 1.165) is 11.3 Å². The lowest BCUT2D eigenvalue weighted by atomic mass is 10.2. The molecule has 0 radical (unpaired) electrons. The van der Waals surface area contributed by atoms with Crippen molar-refractivity contribution in [3.8, 4) is 5.75 Å². The standard InChI is InChI=1S/C17H21N7O2S/c1-12(2)24-15(8-9-18-24)19-16(25)11-27-17-20-21-22-23(17)10-13-4-6-14(26-3)7-5-13/h4-9,12H,10-11H2,1-3H3,(H,19,25). The number of amides is 1. The molecular weight excluding hydrogens is 366 g/mol. The summed E-state index contributed by atoms with van der Waals surface area (Å²) in [4.78, 5) is 12.3. The predicted octanol–water partition coefficient (Wildman–Crippen LogP) is 2.24. The second kappa shape index (κ2) is 8.67. The second-order valence-corrected chi connectivity index (χ2v) is 7.00. The lowest BCUT2D eigenvalue weighted by molar-refractivity contribution is -0.113. The van der Waals surface area contributed by atoms with Gasteiger partial charge in [0.05, 0.1) is 25.6 Å². The summed E-state index contributed by atoms with van der Waals surface area (Å²) >= 11 is 1.29. The van der Waals surface area contributed by atoms with Gasteiger partial charge in [-0.15, -0.1) is 5.10 Å². The minimum Gasteiger partial charge on any atom is -0.497 e. The average Bonchev–Trinajstić information content (AvgIpc) is 3.30. The summed E-state index contributed by atoms with van der Waals surface area (Å²) in [6.07, 6.45) is 1.66. The van der Waals surface area contributed by atoms with Crippen LogP contribution in [0.15, 0.2) is 41.7 Å². The van der Waals surface area contributed by atoms with Crippen molar-refractivity contribution >= 4 is 23.5 Å². The number of anilines is 1. The maximum absolute atomic E-state index is 12.3. The Hall–Kier alpha value is -2.88. The quantitative estimate of drug-likeness (QED) is 0.592. The first-order valence-electron chi connectivity index (χ1n) is 8.42. The lowest BCUT2D eigenvalue weighted by Crippen LogP contribution is -2.18. The molecule has 9 nitrogen and oxygen atoms in total. The van der Waals surface area contributed by atoms with Gasteiger partial charge < -0.3 is 10.1 Å². The number of carbonyl (C=O) groups excluding carboxylic acids is 1. The van der Waals surface area contributed by atoms with Gasteiger partial charge in [-0.2, -0.15) is 5.10 Å². The fourth-order valence-electron chi connectivity index (χ4n) is 2.44. The molecule has 142 valence electrons. The molecule has 10 heteroatoms. The fourth-order valence-corrected chi connectivity index (χ4v) is 3.11. The maximum atomic E-state index is 12.3. The smallest absolute Gasteiger partial charge is 0.235 e. The number of nitrogens with zero attached hydrogens (tertiary/aromatic N) is 6. The fraction of sp³-hybridized carbons (Fsp3) is 0.353. The van der Waals surface area contributed by atoms with E-state index in [1.165, 1.54) is 11.8 Å². The Bertz CT molecular complexity index is 889. The normalized spacial score (nSPS) is 11.0. The van der Waals surface area contributed by atoms with Crippen LogP contribution in [-0.4, -0.2) is 48.8 Å². The van der Waals surface area contributed by atoms with Gasteiger partial charge in [-0.1, -0.05) is 23.9 Å². The summed E-state index contributed by atoms with van der Waals surface area (Å²) in [6.45, 7) is 4.52. The van der Waals surface area contributed by atoms with Crippen LogP contribution in [0.3, 0.4) is 0 Å². The Labute approximate surface area is 161 Å². The van der Waals surface area contributed by atoms with Crippen molar-refractivity contribution in [2.75, 3.05) is 18.2 Å². The van der Waals surface area contributed by atoms with Crippen LogP contribution < -0.4 is 10.1 Å². The summed E-state index contributed by atoms with van der Waals surface area (Å²) in [7, 11) is 1.63. The highest BCUT2D eigenvalue weighted by molar-refractivity contribution is 7.99. The molecule has 0 aliphatic heterocycles. The van der Waals surface area contributed by atoms with E-state index >= 15 is 0 Å². The molecule has 0 aliphatic rings. The van der Waals surface area contributed by atoms with Crippen molar-refractivity contribution in [3.05, 3.63) is 42.1 Å². The van der Waals surface area contributed by atoms with Gasteiger partial charge in [0.15, 0.2) is 0 Å². The zero-order valence-electron chi connectivity index (χ0n) is 15.4. The molecule has 0 spiro atoms. The van der Waals surface area contributed by atoms with E-state index in [1.54, 1.807) is 28.7 Å². The zero-order chi connectivity index (χ0) is 19.2. The summed E-state index contributed by atoms with van der Waals surface area (Å²) < 4.78 is 8.58. The van der Waals surface area contributed by atoms with E-state index in [4.69, 9.17) is 4.74 Å². The maximum Gasteiger partial charge on any atom is 0.235 e. The molecule has 2 heterocycles. The van der Waals surface area contributed by atoms with E-state index in [0.29, 0.717) is 17.5 Å². The van der Waals surface area contributed by atoms with E-state index in [2.05, 4.69) is 25.9 Å². The van der Waals surface area contributed by atoms with Crippen LogP contribution in [0.25, 0.3) is 0 Å². The highest BCUT2D eigenvalue weighted by Gasteiger charge is 2.13. The second-order valence-electron chi connectivity index (χ2n) is 6.06. The molecule has 0 aliphatic carbocycles. The Balaban J connectivity index is 1.57. The van der Waals surface area contributed by atoms with Crippen LogP contribution in [0.4, 0.5) is 5.82 Å². The van der Waals surface area contributed by atoms with E-state index in [9.17, 15) is 4.79 Å². The van der Waals surface area contributed by atoms with Crippen molar-refractivity contribution in [1.82, 2.24) is 30.0 Å². The number of carbonyl (C=O) groups is 1. The topological polar surface area (TPSA) is 99.8 Å². The molecule has 3 rings (SSSR count). The van der Waals surface area contributed by atoms with Crippen molar-refractivity contribution in [2.24, 2.45) is 0 Å². The molecule has 0 saturated heterocycles. The summed E-state index contributed by atoms with van der Waals surface area (Å²) in [5.74, 6) is 1.53. The summed E-state index contributed by atoms with van der Waals surface area (Å²) in [5, 5.41) is 19.4. The van der Waals surface area contributed by atoms with Crippen LogP contribution >= 0.6 is 11.8 Å². The first-order valence-corrected chi connectivity index (χ1v) is 9.40. The Morgan fingerprint density at radius 2 is 2.04 bits per heavy atom. The Kier molecular flexibility index (Phi) is 6.07. The van der Waals surface area contributed by atoms with Gasteiger partial charge in [-0.3, -0.25) is 4.79 Å². The number of benzene rings is 1. The number of thioether (sulfide) groups is 1.